The summed E-state index contributed by atoms with van der Waals surface area (Å²) in [4.78, 5) is 27.0. The zero-order valence-electron chi connectivity index (χ0n) is 21.0. The highest BCUT2D eigenvalue weighted by atomic mass is 19.1. The predicted molar refractivity (Wildman–Crippen MR) is 135 cm³/mol. The molecular formula is C26H33FN6O3. The van der Waals surface area contributed by atoms with Crippen LogP contribution in [0.1, 0.15) is 52.0 Å². The maximum atomic E-state index is 13.5. The van der Waals surface area contributed by atoms with E-state index in [1.807, 2.05) is 20.8 Å². The third-order valence-corrected chi connectivity index (χ3v) is 5.87. The smallest absolute Gasteiger partial charge is 0.407 e. The number of rotatable bonds is 4. The molecule has 1 saturated carbocycles. The molecule has 1 saturated heterocycles. The lowest BCUT2D eigenvalue weighted by Crippen LogP contribution is -2.41. The molecule has 2 aromatic rings. The van der Waals surface area contributed by atoms with Gasteiger partial charge in [0.2, 0.25) is 11.9 Å². The van der Waals surface area contributed by atoms with Crippen LogP contribution < -0.4 is 15.5 Å². The minimum atomic E-state index is -0.581. The molecule has 36 heavy (non-hydrogen) atoms. The molecule has 2 atom stereocenters. The first-order valence-corrected chi connectivity index (χ1v) is 12.3. The van der Waals surface area contributed by atoms with Gasteiger partial charge in [-0.05, 0) is 46.1 Å². The van der Waals surface area contributed by atoms with Crippen molar-refractivity contribution >= 4 is 23.5 Å². The molecule has 2 N–H and O–H groups in total. The second-order valence-electron chi connectivity index (χ2n) is 10.00. The molecule has 2 fully saturated rings. The van der Waals surface area contributed by atoms with E-state index in [4.69, 9.17) is 14.5 Å². The number of carbonyl (C=O) groups excluding carboxylic acids is 1. The minimum absolute atomic E-state index is 0.0372. The Balaban J connectivity index is 1.49. The molecule has 0 unspecified atom stereocenters. The average Bonchev–Trinajstić information content (AvgIpc) is 2.83. The molecule has 1 aliphatic heterocycles. The first kappa shape index (κ1) is 25.6. The van der Waals surface area contributed by atoms with Crippen LogP contribution >= 0.6 is 0 Å². The fourth-order valence-corrected chi connectivity index (χ4v) is 4.25. The Bertz CT molecular complexity index is 1120. The lowest BCUT2D eigenvalue weighted by molar-refractivity contribution is 0.0489. The minimum Gasteiger partial charge on any atom is -0.444 e. The number of alkyl carbamates (subject to hydrolysis) is 1. The number of morpholine rings is 1. The van der Waals surface area contributed by atoms with Crippen LogP contribution in [-0.2, 0) is 9.47 Å². The molecule has 2 aromatic heterocycles. The Labute approximate surface area is 211 Å². The first-order valence-electron chi connectivity index (χ1n) is 12.3. The van der Waals surface area contributed by atoms with E-state index in [-0.39, 0.29) is 18.1 Å². The summed E-state index contributed by atoms with van der Waals surface area (Å²) in [7, 11) is 0. The SMILES string of the molecule is CC(C)(C)OC(=O)N[C@H]1CCC[C@@H](C#Cc2cnc(Nc3ccnc(F)c3)nc2N2CCOCC2)C1. The topological polar surface area (TPSA) is 102 Å². The lowest BCUT2D eigenvalue weighted by Gasteiger charge is -2.29. The van der Waals surface area contributed by atoms with Crippen LogP contribution in [-0.4, -0.2) is 59.0 Å². The van der Waals surface area contributed by atoms with Crippen molar-refractivity contribution in [1.29, 1.82) is 0 Å². The molecule has 2 aliphatic rings. The van der Waals surface area contributed by atoms with Crippen LogP contribution in [0.3, 0.4) is 0 Å². The molecule has 1 aliphatic carbocycles. The molecule has 1 amide bonds. The number of pyridine rings is 1. The van der Waals surface area contributed by atoms with Crippen LogP contribution in [0.4, 0.5) is 26.6 Å². The van der Waals surface area contributed by atoms with Crippen LogP contribution in [0.25, 0.3) is 0 Å². The number of hydrogen-bond acceptors (Lipinski definition) is 8. The van der Waals surface area contributed by atoms with Gasteiger partial charge in [-0.3, -0.25) is 0 Å². The normalized spacial score (nSPS) is 20.2. The van der Waals surface area contributed by atoms with Crippen LogP contribution in [0, 0.1) is 23.7 Å². The molecule has 0 bridgehead atoms. The number of aromatic nitrogens is 3. The summed E-state index contributed by atoms with van der Waals surface area (Å²) in [6.45, 7) is 8.16. The van der Waals surface area contributed by atoms with E-state index in [2.05, 4.69) is 37.3 Å². The van der Waals surface area contributed by atoms with Gasteiger partial charge in [-0.15, -0.1) is 0 Å². The second kappa shape index (κ2) is 11.5. The van der Waals surface area contributed by atoms with Crippen LogP contribution in [0.15, 0.2) is 24.5 Å². The van der Waals surface area contributed by atoms with Gasteiger partial charge in [0.05, 0.1) is 25.0 Å². The summed E-state index contributed by atoms with van der Waals surface area (Å²) in [6, 6.07) is 2.98. The second-order valence-corrected chi connectivity index (χ2v) is 10.00. The van der Waals surface area contributed by atoms with E-state index in [0.717, 1.165) is 37.1 Å². The zero-order valence-corrected chi connectivity index (χ0v) is 21.0. The summed E-state index contributed by atoms with van der Waals surface area (Å²) >= 11 is 0. The maximum absolute atomic E-state index is 13.5. The monoisotopic (exact) mass is 496 g/mol. The largest absolute Gasteiger partial charge is 0.444 e. The number of nitrogens with one attached hydrogen (secondary N) is 2. The molecule has 10 heteroatoms. The van der Waals surface area contributed by atoms with E-state index in [0.29, 0.717) is 37.9 Å². The number of hydrogen-bond donors (Lipinski definition) is 2. The van der Waals surface area contributed by atoms with Gasteiger partial charge < -0.3 is 25.0 Å². The Morgan fingerprint density at radius 1 is 1.25 bits per heavy atom. The van der Waals surface area contributed by atoms with Crippen LogP contribution in [0.2, 0.25) is 0 Å². The van der Waals surface area contributed by atoms with Crippen molar-refractivity contribution in [2.45, 2.75) is 58.1 Å². The van der Waals surface area contributed by atoms with Crippen molar-refractivity contribution in [3.05, 3.63) is 36.0 Å². The first-order chi connectivity index (χ1) is 17.2. The molecular weight excluding hydrogens is 463 g/mol. The van der Waals surface area contributed by atoms with Crippen molar-refractivity contribution in [2.75, 3.05) is 36.5 Å². The highest BCUT2D eigenvalue weighted by Gasteiger charge is 2.25. The third kappa shape index (κ3) is 7.52. The molecule has 192 valence electrons. The number of carbonyl (C=O) groups is 1. The number of anilines is 3. The molecule has 9 nitrogen and oxygen atoms in total. The van der Waals surface area contributed by atoms with Gasteiger partial charge in [0, 0.05) is 43.0 Å². The highest BCUT2D eigenvalue weighted by molar-refractivity contribution is 5.68. The standard InChI is InChI=1S/C26H33FN6O3/c1-26(2,3)36-25(34)31-20-6-4-5-18(15-20)7-8-19-17-29-24(30-21-9-10-28-22(27)16-21)32-23(19)33-11-13-35-14-12-33/h9-10,16-18,20H,4-6,11-15H2,1-3H3,(H,31,34)(H,28,29,30,32)/t18-,20-/m0/s1. The Morgan fingerprint density at radius 3 is 2.81 bits per heavy atom. The lowest BCUT2D eigenvalue weighted by atomic mass is 9.86. The van der Waals surface area contributed by atoms with Crippen molar-refractivity contribution in [3.63, 3.8) is 0 Å². The summed E-state index contributed by atoms with van der Waals surface area (Å²) in [5, 5.41) is 6.02. The summed E-state index contributed by atoms with van der Waals surface area (Å²) in [6.07, 6.45) is 6.34. The van der Waals surface area contributed by atoms with E-state index in [1.54, 1.807) is 12.3 Å². The van der Waals surface area contributed by atoms with E-state index in [9.17, 15) is 9.18 Å². The molecule has 0 aromatic carbocycles. The van der Waals surface area contributed by atoms with Gasteiger partial charge in [-0.1, -0.05) is 18.3 Å². The van der Waals surface area contributed by atoms with Gasteiger partial charge >= 0.3 is 6.09 Å². The summed E-state index contributed by atoms with van der Waals surface area (Å²) < 4.78 is 24.4. The van der Waals surface area contributed by atoms with Crippen LogP contribution in [0.5, 0.6) is 0 Å². The van der Waals surface area contributed by atoms with Gasteiger partial charge in [0.1, 0.15) is 11.4 Å². The molecule has 0 radical (unpaired) electrons. The van der Waals surface area contributed by atoms with E-state index >= 15 is 0 Å². The van der Waals surface area contributed by atoms with Gasteiger partial charge in [-0.25, -0.2) is 14.8 Å². The molecule has 4 rings (SSSR count). The molecule has 0 spiro atoms. The van der Waals surface area contributed by atoms with Gasteiger partial charge in [0.25, 0.3) is 0 Å². The number of ether oxygens (including phenoxy) is 2. The third-order valence-electron chi connectivity index (χ3n) is 5.87. The van der Waals surface area contributed by atoms with Crippen molar-refractivity contribution < 1.29 is 18.7 Å². The summed E-state index contributed by atoms with van der Waals surface area (Å²) in [5.74, 6) is 7.32. The fourth-order valence-electron chi connectivity index (χ4n) is 4.25. The van der Waals surface area contributed by atoms with E-state index < -0.39 is 11.5 Å². The van der Waals surface area contributed by atoms with Crippen molar-refractivity contribution in [2.24, 2.45) is 5.92 Å². The van der Waals surface area contributed by atoms with Gasteiger partial charge in [0.15, 0.2) is 0 Å². The summed E-state index contributed by atoms with van der Waals surface area (Å²) in [5.41, 5.74) is 0.714. The van der Waals surface area contributed by atoms with Gasteiger partial charge in [-0.2, -0.15) is 9.37 Å². The van der Waals surface area contributed by atoms with E-state index in [1.165, 1.54) is 12.3 Å². The fraction of sp³-hybridized carbons (Fsp3) is 0.538. The average molecular weight is 497 g/mol. The zero-order chi connectivity index (χ0) is 25.5. The Hall–Kier alpha value is -3.45. The Morgan fingerprint density at radius 2 is 2.06 bits per heavy atom. The quantitative estimate of drug-likeness (QED) is 0.483. The number of halogens is 1. The number of amides is 1. The molecule has 3 heterocycles. The van der Waals surface area contributed by atoms with Crippen molar-refractivity contribution in [1.82, 2.24) is 20.3 Å². The maximum Gasteiger partial charge on any atom is 0.407 e. The number of nitrogens with zero attached hydrogens (tertiary/aromatic N) is 4. The highest BCUT2D eigenvalue weighted by Crippen LogP contribution is 2.26. The predicted octanol–water partition coefficient (Wildman–Crippen LogP) is 4.03. The Kier molecular flexibility index (Phi) is 8.21. The van der Waals surface area contributed by atoms with Crippen molar-refractivity contribution in [3.8, 4) is 11.8 Å².